The zero-order valence-corrected chi connectivity index (χ0v) is 21.8. The molecule has 0 aromatic rings. The second kappa shape index (κ2) is 8.04. The Hall–Kier alpha value is -0.420. The molecule has 12 nitrogen and oxygen atoms in total. The maximum atomic E-state index is 12.9. The lowest BCUT2D eigenvalue weighted by molar-refractivity contribution is -0.166. The fourth-order valence-electron chi connectivity index (χ4n) is 4.60. The minimum atomic E-state index is -5.09. The van der Waals surface area contributed by atoms with Gasteiger partial charge in [0, 0.05) is 11.8 Å². The van der Waals surface area contributed by atoms with E-state index in [0.29, 0.717) is 0 Å². The van der Waals surface area contributed by atoms with E-state index in [0.717, 1.165) is 0 Å². The molecule has 0 radical (unpaired) electrons. The van der Waals surface area contributed by atoms with Gasteiger partial charge in [0.1, 0.15) is 0 Å². The van der Waals surface area contributed by atoms with E-state index in [4.69, 9.17) is 69.6 Å². The Morgan fingerprint density at radius 1 is 0.588 bits per heavy atom. The van der Waals surface area contributed by atoms with E-state index in [1.54, 1.807) is 0 Å². The van der Waals surface area contributed by atoms with E-state index < -0.39 is 85.6 Å². The van der Waals surface area contributed by atoms with Gasteiger partial charge in [-0.05, 0) is 0 Å². The van der Waals surface area contributed by atoms with E-state index in [9.17, 15) is 36.0 Å². The molecule has 2 aliphatic heterocycles. The molecule has 3 fully saturated rings. The first kappa shape index (κ1) is 26.6. The zero-order valence-electron chi connectivity index (χ0n) is 15.7. The van der Waals surface area contributed by atoms with Gasteiger partial charge in [-0.15, -0.1) is 18.7 Å². The van der Waals surface area contributed by atoms with Crippen molar-refractivity contribution < 1.29 is 44.6 Å². The molecule has 20 heteroatoms. The number of halogens is 6. The highest BCUT2D eigenvalue weighted by atomic mass is 35.6. The van der Waals surface area contributed by atoms with Crippen LogP contribution in [-0.4, -0.2) is 56.8 Å². The molecule has 4 amide bonds. The van der Waals surface area contributed by atoms with Crippen LogP contribution in [0.4, 0.5) is 0 Å². The Morgan fingerprint density at radius 2 is 0.824 bits per heavy atom. The summed E-state index contributed by atoms with van der Waals surface area (Å²) in [6, 6.07) is 0. The highest BCUT2D eigenvalue weighted by molar-refractivity contribution is 7.93. The van der Waals surface area contributed by atoms with Crippen molar-refractivity contribution in [3.05, 3.63) is 12.2 Å². The average Bonchev–Trinajstić information content (AvgIpc) is 3.09. The van der Waals surface area contributed by atoms with Crippen molar-refractivity contribution in [2.45, 2.75) is 6.25 Å². The number of amides is 4. The number of hydrogen-bond donors (Lipinski definition) is 0. The number of hydrogen-bond acceptors (Lipinski definition) is 10. The molecule has 4 unspecified atom stereocenters. The number of rotatable bonds is 4. The number of carbonyl (C=O) groups is 4. The predicted molar refractivity (Wildman–Crippen MR) is 114 cm³/mol. The van der Waals surface area contributed by atoms with Crippen molar-refractivity contribution in [2.75, 3.05) is 0 Å². The quantitative estimate of drug-likeness (QED) is 0.248. The lowest BCUT2D eigenvalue weighted by Gasteiger charge is -2.44. The van der Waals surface area contributed by atoms with Crippen molar-refractivity contribution >= 4 is 113 Å². The van der Waals surface area contributed by atoms with Gasteiger partial charge in [0.15, 0.2) is 0 Å². The number of allylic oxidation sites excluding steroid dienone is 2. The predicted octanol–water partition coefficient (Wildman–Crippen LogP) is 1.18. The van der Waals surface area contributed by atoms with Crippen LogP contribution >= 0.6 is 69.6 Å². The number of hydroxylamine groups is 4. The number of imide groups is 2. The summed E-state index contributed by atoms with van der Waals surface area (Å²) in [6.45, 7) is 0. The molecule has 2 bridgehead atoms. The van der Waals surface area contributed by atoms with Crippen LogP contribution in [0.5, 0.6) is 0 Å². The second-order valence-corrected chi connectivity index (χ2v) is 16.8. The van der Waals surface area contributed by atoms with E-state index in [1.807, 2.05) is 0 Å². The molecule has 0 N–H and O–H groups in total. The fourth-order valence-corrected chi connectivity index (χ4v) is 5.96. The molecule has 0 aromatic heterocycles. The van der Waals surface area contributed by atoms with E-state index in [1.165, 1.54) is 12.2 Å². The van der Waals surface area contributed by atoms with Gasteiger partial charge in [-0.25, -0.2) is 0 Å². The largest absolute Gasteiger partial charge is 0.338 e. The van der Waals surface area contributed by atoms with Gasteiger partial charge in [0.25, 0.3) is 23.6 Å². The third-order valence-electron chi connectivity index (χ3n) is 5.84. The molecular formula is C14H8Cl6N2O10S2. The van der Waals surface area contributed by atoms with Crippen molar-refractivity contribution in [3.8, 4) is 0 Å². The van der Waals surface area contributed by atoms with Crippen LogP contribution in [0.15, 0.2) is 12.2 Å². The Labute approximate surface area is 221 Å². The molecule has 2 saturated heterocycles. The van der Waals surface area contributed by atoms with Gasteiger partial charge in [-0.2, -0.15) is 16.8 Å². The summed E-state index contributed by atoms with van der Waals surface area (Å²) in [5.74, 6) is -12.3. The topological polar surface area (TPSA) is 161 Å². The molecule has 34 heavy (non-hydrogen) atoms. The van der Waals surface area contributed by atoms with Gasteiger partial charge in [-0.1, -0.05) is 81.8 Å². The number of alkyl halides is 6. The summed E-state index contributed by atoms with van der Waals surface area (Å²) >= 11 is 31.9. The standard InChI is InChI=1S/C14H8Cl6N2O10S2/c15-13(16,17)33(27,28)31-21-9(23)5-3-1-2-4(7(5)11(21)25)8-6(3)10(24)22(12(8)26)32-34(29,30)14(18,19)20/h1-8H. The van der Waals surface area contributed by atoms with Gasteiger partial charge >= 0.3 is 26.5 Å². The molecule has 3 aliphatic carbocycles. The minimum Gasteiger partial charge on any atom is -0.272 e. The molecule has 0 aromatic carbocycles. The van der Waals surface area contributed by atoms with Crippen LogP contribution in [0.3, 0.4) is 0 Å². The first-order chi connectivity index (χ1) is 15.3. The average molecular weight is 641 g/mol. The van der Waals surface area contributed by atoms with E-state index in [2.05, 4.69) is 8.57 Å². The van der Waals surface area contributed by atoms with Crippen molar-refractivity contribution in [2.24, 2.45) is 35.5 Å². The van der Waals surface area contributed by atoms with Gasteiger partial charge in [-0.3, -0.25) is 19.2 Å². The van der Waals surface area contributed by atoms with Crippen LogP contribution < -0.4 is 0 Å². The number of carbonyl (C=O) groups excluding carboxylic acids is 4. The highest BCUT2D eigenvalue weighted by Crippen LogP contribution is 2.58. The van der Waals surface area contributed by atoms with Gasteiger partial charge in [0.05, 0.1) is 23.7 Å². The third-order valence-corrected chi connectivity index (χ3v) is 11.1. The van der Waals surface area contributed by atoms with Crippen LogP contribution in [0.1, 0.15) is 0 Å². The third kappa shape index (κ3) is 3.76. The van der Waals surface area contributed by atoms with E-state index >= 15 is 0 Å². The van der Waals surface area contributed by atoms with Gasteiger partial charge in [0.2, 0.25) is 0 Å². The summed E-state index contributed by atoms with van der Waals surface area (Å²) in [7, 11) is -10.2. The molecule has 188 valence electrons. The Balaban J connectivity index is 1.67. The summed E-state index contributed by atoms with van der Waals surface area (Å²) in [5, 5.41) is -0.172. The zero-order chi connectivity index (χ0) is 25.8. The van der Waals surface area contributed by atoms with Crippen LogP contribution in [-0.2, 0) is 48.0 Å². The SMILES string of the molecule is O=C1C2C3C=CC(C2C(=O)N1OS(=O)(=O)C(Cl)(Cl)Cl)C1C(=O)N(OS(=O)(=O)C(Cl)(Cl)Cl)C(=O)C31. The molecule has 0 spiro atoms. The van der Waals surface area contributed by atoms with Crippen molar-refractivity contribution in [3.63, 3.8) is 0 Å². The van der Waals surface area contributed by atoms with Crippen LogP contribution in [0.25, 0.3) is 0 Å². The lowest BCUT2D eigenvalue weighted by Crippen LogP contribution is -2.50. The maximum Gasteiger partial charge on any atom is 0.338 e. The monoisotopic (exact) mass is 638 g/mol. The first-order valence-corrected chi connectivity index (χ1v) is 13.9. The fraction of sp³-hybridized carbons (Fsp3) is 0.571. The molecule has 2 heterocycles. The Kier molecular flexibility index (Phi) is 6.30. The molecule has 1 saturated carbocycles. The van der Waals surface area contributed by atoms with Gasteiger partial charge < -0.3 is 0 Å². The summed E-state index contributed by atoms with van der Waals surface area (Å²) in [6.07, 6.45) is 2.76. The lowest BCUT2D eigenvalue weighted by atomic mass is 9.54. The van der Waals surface area contributed by atoms with Crippen molar-refractivity contribution in [1.82, 2.24) is 10.1 Å². The number of nitrogens with zero attached hydrogens (tertiary/aromatic N) is 2. The first-order valence-electron chi connectivity index (χ1n) is 8.77. The normalized spacial score (nSPS) is 33.7. The maximum absolute atomic E-state index is 12.9. The highest BCUT2D eigenvalue weighted by Gasteiger charge is 2.70. The van der Waals surface area contributed by atoms with Crippen LogP contribution in [0.2, 0.25) is 0 Å². The van der Waals surface area contributed by atoms with Crippen LogP contribution in [0, 0.1) is 35.5 Å². The molecule has 5 rings (SSSR count). The Bertz CT molecular complexity index is 1120. The Morgan fingerprint density at radius 3 is 1.03 bits per heavy atom. The summed E-state index contributed by atoms with van der Waals surface area (Å²) in [4.78, 5) is 51.7. The molecule has 5 aliphatic rings. The molecule has 4 atom stereocenters. The smallest absolute Gasteiger partial charge is 0.272 e. The van der Waals surface area contributed by atoms with Crippen molar-refractivity contribution in [1.29, 1.82) is 0 Å². The minimum absolute atomic E-state index is 0.0862. The van der Waals surface area contributed by atoms with E-state index in [-0.39, 0.29) is 10.1 Å². The summed E-state index contributed by atoms with van der Waals surface area (Å²) in [5.41, 5.74) is 0. The molecular weight excluding hydrogens is 633 g/mol. The summed E-state index contributed by atoms with van der Waals surface area (Å²) < 4.78 is 51.0. The second-order valence-electron chi connectivity index (χ2n) is 7.53.